The first kappa shape index (κ1) is 21.0. The molecule has 0 aliphatic rings. The van der Waals surface area contributed by atoms with E-state index in [0.717, 1.165) is 16.7 Å². The second kappa shape index (κ2) is 10.1. The molecule has 0 aromatic heterocycles. The largest absolute Gasteiger partial charge is 0.355 e. The first-order valence-electron chi connectivity index (χ1n) is 9.31. The molecule has 4 nitrogen and oxygen atoms in total. The Hall–Kier alpha value is -2.33. The molecule has 2 aromatic carbocycles. The summed E-state index contributed by atoms with van der Waals surface area (Å²) in [5.74, 6) is -0.182. The Labute approximate surface area is 166 Å². The third kappa shape index (κ3) is 6.10. The van der Waals surface area contributed by atoms with Gasteiger partial charge in [0.05, 0.1) is 6.42 Å². The van der Waals surface area contributed by atoms with Crippen molar-refractivity contribution < 1.29 is 9.59 Å². The molecule has 0 saturated carbocycles. The number of aryl methyl sites for hydroxylation is 1. The molecule has 0 unspecified atom stereocenters. The number of rotatable bonds is 8. The lowest BCUT2D eigenvalue weighted by Crippen LogP contribution is -2.49. The highest BCUT2D eigenvalue weighted by Crippen LogP contribution is 2.17. The smallest absolute Gasteiger partial charge is 0.242 e. The topological polar surface area (TPSA) is 49.4 Å². The van der Waals surface area contributed by atoms with E-state index < -0.39 is 6.04 Å². The maximum atomic E-state index is 13.1. The van der Waals surface area contributed by atoms with Gasteiger partial charge in [-0.05, 0) is 43.5 Å². The maximum absolute atomic E-state index is 13.1. The molecule has 0 aliphatic heterocycles. The van der Waals surface area contributed by atoms with E-state index in [1.54, 1.807) is 17.0 Å². The lowest BCUT2D eigenvalue weighted by Gasteiger charge is -2.30. The molecule has 5 heteroatoms. The van der Waals surface area contributed by atoms with Crippen molar-refractivity contribution in [2.24, 2.45) is 0 Å². The fourth-order valence-corrected chi connectivity index (χ4v) is 3.11. The van der Waals surface area contributed by atoms with Gasteiger partial charge in [-0.1, -0.05) is 60.5 Å². The number of carbonyl (C=O) groups is 2. The average Bonchev–Trinajstić information content (AvgIpc) is 2.65. The van der Waals surface area contributed by atoms with Crippen molar-refractivity contribution in [2.45, 2.75) is 46.2 Å². The standard InChI is InChI=1S/C22H27ClN2O2/c1-4-20(22(27)24-5-2)25(15-18-10-12-19(23)13-11-18)21(26)14-17-8-6-16(3)7-9-17/h6-13,20H,4-5,14-15H2,1-3H3,(H,24,27)/t20-/m1/s1. The summed E-state index contributed by atoms with van der Waals surface area (Å²) in [6, 6.07) is 14.8. The SMILES string of the molecule is CCNC(=O)[C@@H](CC)N(Cc1ccc(Cl)cc1)C(=O)Cc1ccc(C)cc1. The summed E-state index contributed by atoms with van der Waals surface area (Å²) in [6.45, 7) is 6.73. The van der Waals surface area contributed by atoms with Crippen molar-refractivity contribution in [3.05, 3.63) is 70.2 Å². The van der Waals surface area contributed by atoms with E-state index in [1.807, 2.05) is 57.2 Å². The van der Waals surface area contributed by atoms with Gasteiger partial charge in [0.1, 0.15) is 6.04 Å². The van der Waals surface area contributed by atoms with Crippen LogP contribution in [0.4, 0.5) is 0 Å². The number of halogens is 1. The van der Waals surface area contributed by atoms with Crippen LogP contribution in [0, 0.1) is 6.92 Å². The minimum atomic E-state index is -0.501. The van der Waals surface area contributed by atoms with Crippen LogP contribution >= 0.6 is 11.6 Å². The Kier molecular flexibility index (Phi) is 7.86. The number of nitrogens with one attached hydrogen (secondary N) is 1. The van der Waals surface area contributed by atoms with E-state index in [1.165, 1.54) is 0 Å². The van der Waals surface area contributed by atoms with Crippen LogP contribution in [0.3, 0.4) is 0 Å². The van der Waals surface area contributed by atoms with Gasteiger partial charge >= 0.3 is 0 Å². The highest BCUT2D eigenvalue weighted by Gasteiger charge is 2.28. The molecule has 2 aromatic rings. The van der Waals surface area contributed by atoms with E-state index in [0.29, 0.717) is 24.5 Å². The second-order valence-corrected chi connectivity index (χ2v) is 7.07. The molecule has 0 heterocycles. The molecule has 0 spiro atoms. The molecule has 0 radical (unpaired) electrons. The summed E-state index contributed by atoms with van der Waals surface area (Å²) in [5.41, 5.74) is 3.04. The van der Waals surface area contributed by atoms with Gasteiger partial charge in [-0.3, -0.25) is 9.59 Å². The number of hydrogen-bond acceptors (Lipinski definition) is 2. The molecule has 27 heavy (non-hydrogen) atoms. The monoisotopic (exact) mass is 386 g/mol. The summed E-state index contributed by atoms with van der Waals surface area (Å²) >= 11 is 5.97. The Balaban J connectivity index is 2.25. The maximum Gasteiger partial charge on any atom is 0.242 e. The Morgan fingerprint density at radius 1 is 1.00 bits per heavy atom. The van der Waals surface area contributed by atoms with E-state index in [4.69, 9.17) is 11.6 Å². The minimum absolute atomic E-state index is 0.0630. The van der Waals surface area contributed by atoms with Crippen LogP contribution in [0.15, 0.2) is 48.5 Å². The zero-order valence-electron chi connectivity index (χ0n) is 16.2. The van der Waals surface area contributed by atoms with Crippen molar-refractivity contribution >= 4 is 23.4 Å². The van der Waals surface area contributed by atoms with Gasteiger partial charge in [-0.2, -0.15) is 0 Å². The molecule has 2 rings (SSSR count). The van der Waals surface area contributed by atoms with Crippen LogP contribution in [0.5, 0.6) is 0 Å². The van der Waals surface area contributed by atoms with Gasteiger partial charge < -0.3 is 10.2 Å². The second-order valence-electron chi connectivity index (χ2n) is 6.63. The zero-order chi connectivity index (χ0) is 19.8. The van der Waals surface area contributed by atoms with Gasteiger partial charge in [0.2, 0.25) is 11.8 Å². The Morgan fingerprint density at radius 3 is 2.15 bits per heavy atom. The van der Waals surface area contributed by atoms with Crippen LogP contribution < -0.4 is 5.32 Å². The molecular formula is C22H27ClN2O2. The van der Waals surface area contributed by atoms with E-state index in [2.05, 4.69) is 5.32 Å². The summed E-state index contributed by atoms with van der Waals surface area (Å²) in [5, 5.41) is 3.49. The van der Waals surface area contributed by atoms with Gasteiger partial charge in [-0.25, -0.2) is 0 Å². The molecule has 144 valence electrons. The fourth-order valence-electron chi connectivity index (χ4n) is 2.98. The lowest BCUT2D eigenvalue weighted by molar-refractivity contribution is -0.140. The predicted molar refractivity (Wildman–Crippen MR) is 110 cm³/mol. The van der Waals surface area contributed by atoms with Gasteiger partial charge in [0.25, 0.3) is 0 Å². The Morgan fingerprint density at radius 2 is 1.59 bits per heavy atom. The Bertz CT molecular complexity index is 757. The number of likely N-dealkylation sites (N-methyl/N-ethyl adjacent to an activating group) is 1. The van der Waals surface area contributed by atoms with Crippen molar-refractivity contribution in [3.8, 4) is 0 Å². The van der Waals surface area contributed by atoms with Crippen molar-refractivity contribution in [1.29, 1.82) is 0 Å². The molecule has 1 atom stereocenters. The fraction of sp³-hybridized carbons (Fsp3) is 0.364. The van der Waals surface area contributed by atoms with Crippen LogP contribution in [0.2, 0.25) is 5.02 Å². The summed E-state index contributed by atoms with van der Waals surface area (Å²) < 4.78 is 0. The van der Waals surface area contributed by atoms with E-state index in [-0.39, 0.29) is 18.2 Å². The molecule has 0 fully saturated rings. The quantitative estimate of drug-likeness (QED) is 0.741. The molecule has 0 aliphatic carbocycles. The van der Waals surface area contributed by atoms with Crippen molar-refractivity contribution in [3.63, 3.8) is 0 Å². The highest BCUT2D eigenvalue weighted by molar-refractivity contribution is 6.30. The van der Waals surface area contributed by atoms with Crippen molar-refractivity contribution in [1.82, 2.24) is 10.2 Å². The first-order chi connectivity index (χ1) is 12.9. The number of carbonyl (C=O) groups excluding carboxylic acids is 2. The van der Waals surface area contributed by atoms with E-state index >= 15 is 0 Å². The summed E-state index contributed by atoms with van der Waals surface area (Å²) in [6.07, 6.45) is 0.822. The third-order valence-electron chi connectivity index (χ3n) is 4.48. The number of amides is 2. The minimum Gasteiger partial charge on any atom is -0.355 e. The van der Waals surface area contributed by atoms with Gasteiger partial charge in [0, 0.05) is 18.1 Å². The normalized spacial score (nSPS) is 11.7. The molecule has 2 amide bonds. The molecule has 0 saturated heterocycles. The molecule has 0 bridgehead atoms. The van der Waals surface area contributed by atoms with Crippen molar-refractivity contribution in [2.75, 3.05) is 6.54 Å². The molecule has 1 N–H and O–H groups in total. The number of hydrogen-bond donors (Lipinski definition) is 1. The van der Waals surface area contributed by atoms with Crippen LogP contribution in [-0.2, 0) is 22.6 Å². The van der Waals surface area contributed by atoms with Gasteiger partial charge in [-0.15, -0.1) is 0 Å². The zero-order valence-corrected chi connectivity index (χ0v) is 16.9. The number of nitrogens with zero attached hydrogens (tertiary/aromatic N) is 1. The third-order valence-corrected chi connectivity index (χ3v) is 4.73. The summed E-state index contributed by atoms with van der Waals surface area (Å²) in [4.78, 5) is 27.3. The first-order valence-corrected chi connectivity index (χ1v) is 9.69. The van der Waals surface area contributed by atoms with Crippen LogP contribution in [0.25, 0.3) is 0 Å². The lowest BCUT2D eigenvalue weighted by atomic mass is 10.1. The molecular weight excluding hydrogens is 360 g/mol. The predicted octanol–water partition coefficient (Wildman–Crippen LogP) is 4.13. The van der Waals surface area contributed by atoms with Gasteiger partial charge in [0.15, 0.2) is 0 Å². The highest BCUT2D eigenvalue weighted by atomic mass is 35.5. The van der Waals surface area contributed by atoms with Crippen LogP contribution in [0.1, 0.15) is 37.0 Å². The average molecular weight is 387 g/mol. The van der Waals surface area contributed by atoms with Crippen LogP contribution in [-0.4, -0.2) is 29.3 Å². The summed E-state index contributed by atoms with van der Waals surface area (Å²) in [7, 11) is 0. The van der Waals surface area contributed by atoms with E-state index in [9.17, 15) is 9.59 Å². The number of benzene rings is 2.